The fourth-order valence-electron chi connectivity index (χ4n) is 2.29. The quantitative estimate of drug-likeness (QED) is 0.396. The Morgan fingerprint density at radius 1 is 1.58 bits per heavy atom. The van der Waals surface area contributed by atoms with Crippen molar-refractivity contribution in [3.05, 3.63) is 18.0 Å². The Labute approximate surface area is 154 Å². The van der Waals surface area contributed by atoms with Crippen molar-refractivity contribution in [1.29, 1.82) is 0 Å². The summed E-state index contributed by atoms with van der Waals surface area (Å²) in [5, 5.41) is 15.7. The van der Waals surface area contributed by atoms with E-state index < -0.39 is 18.8 Å². The van der Waals surface area contributed by atoms with Gasteiger partial charge in [0.05, 0.1) is 25.9 Å². The predicted octanol–water partition coefficient (Wildman–Crippen LogP) is 0.910. The van der Waals surface area contributed by atoms with E-state index in [1.54, 1.807) is 22.8 Å². The molecular weight excluding hydrogens is 442 g/mol. The molecule has 0 spiro atoms. The number of rotatable bonds is 3. The molecule has 2 unspecified atom stereocenters. The van der Waals surface area contributed by atoms with Crippen molar-refractivity contribution in [3.63, 3.8) is 0 Å². The number of nitrogens with one attached hydrogen (secondary N) is 1. The second-order valence-corrected chi connectivity index (χ2v) is 5.24. The number of alkyl halides is 3. The maximum atomic E-state index is 12.4. The van der Waals surface area contributed by atoms with Crippen molar-refractivity contribution in [3.8, 4) is 0 Å². The first-order chi connectivity index (χ1) is 10.8. The maximum Gasteiger partial charge on any atom is 0.416 e. The van der Waals surface area contributed by atoms with E-state index >= 15 is 0 Å². The molecule has 1 aliphatic heterocycles. The first-order valence-corrected chi connectivity index (χ1v) is 7.11. The van der Waals surface area contributed by atoms with E-state index in [4.69, 9.17) is 9.84 Å². The molecule has 2 N–H and O–H groups in total. The lowest BCUT2D eigenvalue weighted by atomic mass is 10.1. The van der Waals surface area contributed by atoms with Crippen molar-refractivity contribution < 1.29 is 23.0 Å². The molecule has 0 bridgehead atoms. The molecule has 0 aromatic carbocycles. The number of aliphatic imine (C=N–C) groups is 1. The van der Waals surface area contributed by atoms with Crippen LogP contribution in [0.4, 0.5) is 13.2 Å². The van der Waals surface area contributed by atoms with Crippen molar-refractivity contribution in [2.75, 3.05) is 33.3 Å². The number of hydrogen-bond donors (Lipinski definition) is 2. The maximum absolute atomic E-state index is 12.4. The third kappa shape index (κ3) is 5.48. The van der Waals surface area contributed by atoms with Crippen molar-refractivity contribution in [2.24, 2.45) is 12.0 Å². The lowest BCUT2D eigenvalue weighted by molar-refractivity contribution is -0.201. The van der Waals surface area contributed by atoms with Crippen molar-refractivity contribution in [1.82, 2.24) is 20.0 Å². The number of morpholine rings is 1. The van der Waals surface area contributed by atoms with Gasteiger partial charge in [0.15, 0.2) is 12.1 Å². The molecule has 0 radical (unpaired) electrons. The number of ether oxygens (including phenoxy) is 1. The topological polar surface area (TPSA) is 74.9 Å². The highest BCUT2D eigenvalue weighted by atomic mass is 127. The second kappa shape index (κ2) is 8.85. The number of halogens is 4. The number of aliphatic hydroxyl groups excluding tert-OH is 1. The number of aliphatic hydroxyl groups is 1. The summed E-state index contributed by atoms with van der Waals surface area (Å²) in [6, 6.07) is 0. The van der Waals surface area contributed by atoms with E-state index in [1.807, 2.05) is 6.20 Å². The van der Waals surface area contributed by atoms with E-state index in [-0.39, 0.29) is 30.1 Å². The Morgan fingerprint density at radius 2 is 2.29 bits per heavy atom. The van der Waals surface area contributed by atoms with Crippen LogP contribution in [0.2, 0.25) is 0 Å². The number of hydrogen-bond acceptors (Lipinski definition) is 4. The minimum atomic E-state index is -4.66. The van der Waals surface area contributed by atoms with Gasteiger partial charge in [0, 0.05) is 32.4 Å². The molecule has 2 atom stereocenters. The van der Waals surface area contributed by atoms with Crippen LogP contribution in [0.15, 0.2) is 17.4 Å². The zero-order valence-corrected chi connectivity index (χ0v) is 15.7. The van der Waals surface area contributed by atoms with Crippen LogP contribution < -0.4 is 5.32 Å². The molecule has 11 heteroatoms. The number of guanidine groups is 1. The number of aromatic nitrogens is 2. The van der Waals surface area contributed by atoms with Gasteiger partial charge in [-0.25, -0.2) is 0 Å². The van der Waals surface area contributed by atoms with Crippen LogP contribution in [0, 0.1) is 0 Å². The summed E-state index contributed by atoms with van der Waals surface area (Å²) < 4.78 is 44.4. The summed E-state index contributed by atoms with van der Waals surface area (Å²) in [6.07, 6.45) is -3.80. The molecular formula is C13H21F3IN5O2. The van der Waals surface area contributed by atoms with E-state index in [0.717, 1.165) is 5.56 Å². The summed E-state index contributed by atoms with van der Waals surface area (Å²) >= 11 is 0. The molecule has 138 valence electrons. The van der Waals surface area contributed by atoms with Gasteiger partial charge < -0.3 is 20.1 Å². The molecule has 1 aliphatic rings. The van der Waals surface area contributed by atoms with Gasteiger partial charge in [-0.05, 0) is 0 Å². The van der Waals surface area contributed by atoms with Crippen LogP contribution in [0.25, 0.3) is 0 Å². The van der Waals surface area contributed by atoms with E-state index in [0.29, 0.717) is 25.7 Å². The average Bonchev–Trinajstić information content (AvgIpc) is 2.93. The minimum Gasteiger partial charge on any atom is -0.382 e. The van der Waals surface area contributed by atoms with Crippen LogP contribution in [0.3, 0.4) is 0 Å². The summed E-state index contributed by atoms with van der Waals surface area (Å²) in [5.41, 5.74) is 0.892. The molecule has 2 heterocycles. The lowest BCUT2D eigenvalue weighted by Crippen LogP contribution is -2.51. The van der Waals surface area contributed by atoms with Gasteiger partial charge in [-0.1, -0.05) is 0 Å². The van der Waals surface area contributed by atoms with Gasteiger partial charge in [-0.15, -0.1) is 24.0 Å². The average molecular weight is 463 g/mol. The van der Waals surface area contributed by atoms with Crippen LogP contribution in [-0.4, -0.2) is 71.3 Å². The highest BCUT2D eigenvalue weighted by Gasteiger charge is 2.38. The Morgan fingerprint density at radius 3 is 2.83 bits per heavy atom. The third-order valence-electron chi connectivity index (χ3n) is 3.51. The predicted molar refractivity (Wildman–Crippen MR) is 92.3 cm³/mol. The number of aryl methyl sites for hydroxylation is 1. The smallest absolute Gasteiger partial charge is 0.382 e. The number of nitrogens with zero attached hydrogens (tertiary/aromatic N) is 4. The molecule has 1 saturated heterocycles. The fraction of sp³-hybridized carbons (Fsp3) is 0.692. The SMILES string of the molecule is CN=C(NCC(O)C(F)(F)F)N1CCOC(c2cnn(C)c2)C1.I. The summed E-state index contributed by atoms with van der Waals surface area (Å²) in [4.78, 5) is 5.77. The zero-order chi connectivity index (χ0) is 17.0. The highest BCUT2D eigenvalue weighted by molar-refractivity contribution is 14.0. The molecule has 1 aromatic rings. The van der Waals surface area contributed by atoms with Gasteiger partial charge in [-0.3, -0.25) is 9.67 Å². The van der Waals surface area contributed by atoms with Gasteiger partial charge >= 0.3 is 6.18 Å². The lowest BCUT2D eigenvalue weighted by Gasteiger charge is -2.35. The van der Waals surface area contributed by atoms with Crippen LogP contribution in [-0.2, 0) is 11.8 Å². The Hall–Kier alpha value is -1.08. The van der Waals surface area contributed by atoms with Gasteiger partial charge in [0.1, 0.15) is 6.10 Å². The van der Waals surface area contributed by atoms with E-state index in [2.05, 4.69) is 15.4 Å². The summed E-state index contributed by atoms with van der Waals surface area (Å²) in [5.74, 6) is 0.297. The molecule has 0 amide bonds. The summed E-state index contributed by atoms with van der Waals surface area (Å²) in [6.45, 7) is 0.708. The Bertz CT molecular complexity index is 552. The molecule has 1 fully saturated rings. The van der Waals surface area contributed by atoms with Gasteiger partial charge in [0.2, 0.25) is 0 Å². The first-order valence-electron chi connectivity index (χ1n) is 7.11. The minimum absolute atomic E-state index is 0. The molecule has 0 aliphatic carbocycles. The Balaban J connectivity index is 0.00000288. The van der Waals surface area contributed by atoms with Gasteiger partial charge in [-0.2, -0.15) is 18.3 Å². The molecule has 1 aromatic heterocycles. The highest BCUT2D eigenvalue weighted by Crippen LogP contribution is 2.22. The second-order valence-electron chi connectivity index (χ2n) is 5.24. The van der Waals surface area contributed by atoms with Gasteiger partial charge in [0.25, 0.3) is 0 Å². The third-order valence-corrected chi connectivity index (χ3v) is 3.51. The van der Waals surface area contributed by atoms with Crippen LogP contribution in [0.1, 0.15) is 11.7 Å². The van der Waals surface area contributed by atoms with E-state index in [1.165, 1.54) is 7.05 Å². The molecule has 7 nitrogen and oxygen atoms in total. The zero-order valence-electron chi connectivity index (χ0n) is 13.3. The van der Waals surface area contributed by atoms with Crippen LogP contribution in [0.5, 0.6) is 0 Å². The van der Waals surface area contributed by atoms with Crippen LogP contribution >= 0.6 is 24.0 Å². The van der Waals surface area contributed by atoms with Crippen molar-refractivity contribution >= 4 is 29.9 Å². The molecule has 24 heavy (non-hydrogen) atoms. The normalized spacial score (nSPS) is 20.5. The first kappa shape index (κ1) is 21.0. The molecule has 2 rings (SSSR count). The van der Waals surface area contributed by atoms with E-state index in [9.17, 15) is 13.2 Å². The fourth-order valence-corrected chi connectivity index (χ4v) is 2.29. The Kier molecular flexibility index (Phi) is 7.73. The monoisotopic (exact) mass is 463 g/mol. The van der Waals surface area contributed by atoms with Crippen molar-refractivity contribution in [2.45, 2.75) is 18.4 Å². The standard InChI is InChI=1S/C13H20F3N5O2.HI/c1-17-12(18-6-11(22)13(14,15)16)21-3-4-23-10(8-21)9-5-19-20(2)7-9;/h5,7,10-11,22H,3-4,6,8H2,1-2H3,(H,17,18);1H. The largest absolute Gasteiger partial charge is 0.416 e. The summed E-state index contributed by atoms with van der Waals surface area (Å²) in [7, 11) is 3.28. The molecule has 0 saturated carbocycles.